The zero-order valence-electron chi connectivity index (χ0n) is 16.2. The van der Waals surface area contributed by atoms with Gasteiger partial charge in [-0.1, -0.05) is 12.1 Å². The molecule has 160 valence electrons. The maximum absolute atomic E-state index is 14.3. The number of halogens is 2. The quantitative estimate of drug-likeness (QED) is 0.615. The summed E-state index contributed by atoms with van der Waals surface area (Å²) in [4.78, 5) is 50.3. The molecular weight excluding hydrogens is 398 g/mol. The third-order valence-electron chi connectivity index (χ3n) is 5.85. The van der Waals surface area contributed by atoms with Crippen molar-refractivity contribution in [1.82, 2.24) is 20.9 Å². The number of nitrogens with zero attached hydrogens (tertiary/aromatic N) is 1. The summed E-state index contributed by atoms with van der Waals surface area (Å²) in [7, 11) is 0. The third kappa shape index (κ3) is 3.61. The lowest BCUT2D eigenvalue weighted by molar-refractivity contribution is -0.136. The summed E-state index contributed by atoms with van der Waals surface area (Å²) >= 11 is 0. The highest BCUT2D eigenvalue weighted by Crippen LogP contribution is 2.31. The van der Waals surface area contributed by atoms with Crippen LogP contribution >= 0.6 is 0 Å². The Morgan fingerprint density at radius 2 is 1.90 bits per heavy atom. The molecule has 3 N–H and O–H groups in total. The molecule has 8 nitrogen and oxygen atoms in total. The molecule has 0 spiro atoms. The first kappa shape index (κ1) is 20.5. The van der Waals surface area contributed by atoms with Crippen LogP contribution in [0.2, 0.25) is 0 Å². The van der Waals surface area contributed by atoms with Crippen LogP contribution in [0.5, 0.6) is 0 Å². The van der Waals surface area contributed by atoms with Crippen molar-refractivity contribution in [3.05, 3.63) is 34.9 Å². The van der Waals surface area contributed by atoms with E-state index in [-0.39, 0.29) is 49.9 Å². The summed E-state index contributed by atoms with van der Waals surface area (Å²) in [5.41, 5.74) is 0.682. The van der Waals surface area contributed by atoms with Crippen LogP contribution in [0.1, 0.15) is 52.0 Å². The fourth-order valence-corrected chi connectivity index (χ4v) is 4.23. The van der Waals surface area contributed by atoms with Crippen molar-refractivity contribution in [2.45, 2.75) is 50.2 Å². The van der Waals surface area contributed by atoms with Crippen molar-refractivity contribution in [2.24, 2.45) is 0 Å². The average Bonchev–Trinajstić information content (AvgIpc) is 2.83. The van der Waals surface area contributed by atoms with Crippen LogP contribution in [0, 0.1) is 0 Å². The Morgan fingerprint density at radius 1 is 1.10 bits per heavy atom. The smallest absolute Gasteiger partial charge is 0.264 e. The first-order valence-corrected chi connectivity index (χ1v) is 9.95. The molecule has 3 aliphatic heterocycles. The molecule has 3 heterocycles. The van der Waals surface area contributed by atoms with E-state index in [4.69, 9.17) is 0 Å². The van der Waals surface area contributed by atoms with Crippen LogP contribution in [-0.2, 0) is 16.1 Å². The molecule has 3 aliphatic rings. The van der Waals surface area contributed by atoms with Crippen LogP contribution in [0.25, 0.3) is 0 Å². The average molecular weight is 420 g/mol. The van der Waals surface area contributed by atoms with Gasteiger partial charge in [-0.2, -0.15) is 0 Å². The number of benzene rings is 1. The van der Waals surface area contributed by atoms with Gasteiger partial charge < -0.3 is 10.6 Å². The van der Waals surface area contributed by atoms with E-state index in [1.165, 1.54) is 6.07 Å². The van der Waals surface area contributed by atoms with E-state index in [2.05, 4.69) is 16.0 Å². The maximum atomic E-state index is 14.3. The van der Waals surface area contributed by atoms with Crippen molar-refractivity contribution in [2.75, 3.05) is 13.1 Å². The van der Waals surface area contributed by atoms with E-state index in [1.54, 1.807) is 12.1 Å². The van der Waals surface area contributed by atoms with Gasteiger partial charge in [-0.3, -0.25) is 29.4 Å². The number of alkyl halides is 2. The van der Waals surface area contributed by atoms with Gasteiger partial charge in [0.15, 0.2) is 0 Å². The van der Waals surface area contributed by atoms with Crippen LogP contribution in [0.15, 0.2) is 18.2 Å². The highest BCUT2D eigenvalue weighted by molar-refractivity contribution is 6.24. The second kappa shape index (κ2) is 7.84. The fraction of sp³-hybridized carbons (Fsp3) is 0.500. The molecule has 0 aromatic heterocycles. The number of carbonyl (C=O) groups excluding carboxylic acids is 4. The Morgan fingerprint density at radius 3 is 2.67 bits per heavy atom. The molecule has 0 radical (unpaired) electrons. The second-order valence-corrected chi connectivity index (χ2v) is 7.77. The number of nitrogens with one attached hydrogen (secondary N) is 3. The molecule has 1 aromatic carbocycles. The van der Waals surface area contributed by atoms with E-state index in [9.17, 15) is 28.0 Å². The van der Waals surface area contributed by atoms with Crippen LogP contribution in [0.3, 0.4) is 0 Å². The van der Waals surface area contributed by atoms with E-state index < -0.39 is 41.6 Å². The summed E-state index contributed by atoms with van der Waals surface area (Å²) < 4.78 is 28.6. The van der Waals surface area contributed by atoms with Gasteiger partial charge in [0, 0.05) is 25.9 Å². The largest absolute Gasteiger partial charge is 0.316 e. The van der Waals surface area contributed by atoms with Gasteiger partial charge in [0.05, 0.1) is 17.2 Å². The lowest BCUT2D eigenvalue weighted by Crippen LogP contribution is -2.54. The minimum Gasteiger partial charge on any atom is -0.316 e. The van der Waals surface area contributed by atoms with Crippen LogP contribution in [0.4, 0.5) is 8.78 Å². The summed E-state index contributed by atoms with van der Waals surface area (Å²) in [6.07, 6.45) is 0.0452. The number of carbonyl (C=O) groups is 4. The normalized spacial score (nSPS) is 26.4. The lowest BCUT2D eigenvalue weighted by atomic mass is 10.0. The summed E-state index contributed by atoms with van der Waals surface area (Å²) in [5, 5.41) is 7.94. The fourth-order valence-electron chi connectivity index (χ4n) is 4.23. The molecule has 10 heteroatoms. The van der Waals surface area contributed by atoms with Crippen LogP contribution < -0.4 is 16.0 Å². The monoisotopic (exact) mass is 420 g/mol. The molecule has 1 aromatic rings. The first-order valence-electron chi connectivity index (χ1n) is 9.95. The molecule has 2 atom stereocenters. The Kier molecular flexibility index (Phi) is 5.37. The molecule has 2 unspecified atom stereocenters. The van der Waals surface area contributed by atoms with Crippen molar-refractivity contribution >= 4 is 23.6 Å². The predicted molar refractivity (Wildman–Crippen MR) is 101 cm³/mol. The van der Waals surface area contributed by atoms with Crippen molar-refractivity contribution in [3.8, 4) is 0 Å². The van der Waals surface area contributed by atoms with Crippen molar-refractivity contribution in [3.63, 3.8) is 0 Å². The number of hydrogen-bond donors (Lipinski definition) is 3. The van der Waals surface area contributed by atoms with Gasteiger partial charge in [-0.25, -0.2) is 8.78 Å². The van der Waals surface area contributed by atoms with E-state index >= 15 is 0 Å². The minimum absolute atomic E-state index is 0.00829. The molecule has 4 amide bonds. The minimum atomic E-state index is -2.89. The van der Waals surface area contributed by atoms with Crippen molar-refractivity contribution < 1.29 is 28.0 Å². The Bertz CT molecular complexity index is 920. The zero-order valence-corrected chi connectivity index (χ0v) is 16.2. The molecule has 30 heavy (non-hydrogen) atoms. The summed E-state index contributed by atoms with van der Waals surface area (Å²) in [6, 6.07) is 2.56. The molecule has 0 aliphatic carbocycles. The second-order valence-electron chi connectivity index (χ2n) is 7.77. The predicted octanol–water partition coefficient (Wildman–Crippen LogP) is 0.565. The Balaban J connectivity index is 1.56. The van der Waals surface area contributed by atoms with Gasteiger partial charge in [0.25, 0.3) is 17.7 Å². The van der Waals surface area contributed by atoms with E-state index in [0.29, 0.717) is 12.1 Å². The molecule has 2 fully saturated rings. The highest BCUT2D eigenvalue weighted by atomic mass is 19.3. The number of rotatable bonds is 4. The number of fused-ring (bicyclic) bond motifs is 1. The molecule has 2 saturated heterocycles. The molecule has 0 saturated carbocycles. The Hall–Kier alpha value is -2.72. The van der Waals surface area contributed by atoms with Crippen LogP contribution in [-0.4, -0.2) is 59.6 Å². The molecule has 4 rings (SSSR count). The van der Waals surface area contributed by atoms with Gasteiger partial charge in [-0.15, -0.1) is 0 Å². The van der Waals surface area contributed by atoms with Gasteiger partial charge in [-0.05, 0) is 31.0 Å². The van der Waals surface area contributed by atoms with Crippen molar-refractivity contribution in [1.29, 1.82) is 0 Å². The van der Waals surface area contributed by atoms with Gasteiger partial charge >= 0.3 is 0 Å². The highest BCUT2D eigenvalue weighted by Gasteiger charge is 2.46. The SMILES string of the molecule is O=C1CCC(N2C(=O)c3cccc(CNC4CCNCCC4(F)F)c3C2=O)C(=O)N1. The van der Waals surface area contributed by atoms with Gasteiger partial charge in [0.2, 0.25) is 11.8 Å². The first-order chi connectivity index (χ1) is 14.3. The number of piperidine rings is 1. The maximum Gasteiger partial charge on any atom is 0.264 e. The third-order valence-corrected chi connectivity index (χ3v) is 5.85. The summed E-state index contributed by atoms with van der Waals surface area (Å²) in [6.45, 7) is 0.687. The van der Waals surface area contributed by atoms with E-state index in [1.807, 2.05) is 0 Å². The van der Waals surface area contributed by atoms with Gasteiger partial charge in [0.1, 0.15) is 6.04 Å². The molecule has 0 bridgehead atoms. The standard InChI is InChI=1S/C20H22F2N4O4/c21-20(22)7-9-23-8-6-14(20)24-10-11-2-1-3-12-16(11)19(30)26(18(12)29)13-4-5-15(27)25-17(13)28/h1-3,13-14,23-24H,4-10H2,(H,25,27,28). The molecular formula is C20H22F2N4O4. The number of imide groups is 2. The zero-order chi connectivity index (χ0) is 21.5. The Labute approximate surface area is 171 Å². The number of amides is 4. The summed E-state index contributed by atoms with van der Waals surface area (Å²) in [5.74, 6) is -5.28. The lowest BCUT2D eigenvalue weighted by Gasteiger charge is -2.28. The van der Waals surface area contributed by atoms with E-state index in [0.717, 1.165) is 4.90 Å². The number of hydrogen-bond acceptors (Lipinski definition) is 6. The topological polar surface area (TPSA) is 108 Å².